The van der Waals surface area contributed by atoms with E-state index in [0.29, 0.717) is 17.0 Å². The van der Waals surface area contributed by atoms with E-state index < -0.39 is 23.9 Å². The van der Waals surface area contributed by atoms with Gasteiger partial charge in [0.25, 0.3) is 11.8 Å². The zero-order valence-electron chi connectivity index (χ0n) is 21.4. The summed E-state index contributed by atoms with van der Waals surface area (Å²) in [5.41, 5.74) is 0.892. The molecule has 0 radical (unpaired) electrons. The maximum absolute atomic E-state index is 13.5. The lowest BCUT2D eigenvalue weighted by molar-refractivity contribution is -0.125. The Morgan fingerprint density at radius 2 is 1.51 bits per heavy atom. The van der Waals surface area contributed by atoms with Crippen molar-refractivity contribution in [2.75, 3.05) is 32.0 Å². The molecule has 0 saturated heterocycles. The highest BCUT2D eigenvalue weighted by atomic mass is 16.5. The minimum Gasteiger partial charge on any atom is -0.497 e. The summed E-state index contributed by atoms with van der Waals surface area (Å²) in [7, 11) is 4.34. The average Bonchev–Trinajstić information content (AvgIpc) is 3.51. The van der Waals surface area contributed by atoms with Crippen molar-refractivity contribution in [3.8, 4) is 17.2 Å². The van der Waals surface area contributed by atoms with Gasteiger partial charge in [0, 0.05) is 29.4 Å². The maximum atomic E-state index is 13.5. The van der Waals surface area contributed by atoms with E-state index in [1.54, 1.807) is 60.7 Å². The number of carbonyl (C=O) groups excluding carboxylic acids is 3. The molecule has 10 nitrogen and oxygen atoms in total. The summed E-state index contributed by atoms with van der Waals surface area (Å²) in [6.07, 6.45) is 0.0241. The van der Waals surface area contributed by atoms with E-state index in [0.717, 1.165) is 0 Å². The molecular formula is C29H26N2O8. The summed E-state index contributed by atoms with van der Waals surface area (Å²) < 4.78 is 26.8. The van der Waals surface area contributed by atoms with E-state index in [1.165, 1.54) is 45.8 Å². The van der Waals surface area contributed by atoms with Gasteiger partial charge in [0.05, 0.1) is 38.8 Å². The quantitative estimate of drug-likeness (QED) is 0.272. The first kappa shape index (κ1) is 26.8. The number of anilines is 2. The number of hydrogen-bond acceptors (Lipinski definition) is 8. The number of carbonyl (C=O) groups is 3. The maximum Gasteiger partial charge on any atom is 0.341 e. The molecule has 0 aliphatic heterocycles. The van der Waals surface area contributed by atoms with Crippen molar-refractivity contribution in [3.05, 3.63) is 102 Å². The lowest BCUT2D eigenvalue weighted by Crippen LogP contribution is -2.26. The molecule has 1 aromatic heterocycles. The van der Waals surface area contributed by atoms with Crippen LogP contribution in [0.4, 0.5) is 11.4 Å². The lowest BCUT2D eigenvalue weighted by atomic mass is 10.1. The van der Waals surface area contributed by atoms with Crippen molar-refractivity contribution >= 4 is 29.2 Å². The molecule has 39 heavy (non-hydrogen) atoms. The molecule has 0 aliphatic carbocycles. The van der Waals surface area contributed by atoms with E-state index >= 15 is 0 Å². The molecule has 1 atom stereocenters. The van der Waals surface area contributed by atoms with Crippen LogP contribution >= 0.6 is 0 Å². The number of ether oxygens (including phenoxy) is 4. The number of methoxy groups -OCH3 is 3. The zero-order valence-corrected chi connectivity index (χ0v) is 21.4. The van der Waals surface area contributed by atoms with Gasteiger partial charge in [-0.25, -0.2) is 4.79 Å². The number of nitrogens with one attached hydrogen (secondary N) is 2. The van der Waals surface area contributed by atoms with Crippen molar-refractivity contribution in [2.24, 2.45) is 0 Å². The Labute approximate surface area is 224 Å². The molecule has 10 heteroatoms. The van der Waals surface area contributed by atoms with Crippen LogP contribution in [0.1, 0.15) is 32.6 Å². The van der Waals surface area contributed by atoms with Crippen LogP contribution in [0.5, 0.6) is 17.2 Å². The van der Waals surface area contributed by atoms with Crippen molar-refractivity contribution in [3.63, 3.8) is 0 Å². The largest absolute Gasteiger partial charge is 0.497 e. The van der Waals surface area contributed by atoms with E-state index in [9.17, 15) is 14.4 Å². The van der Waals surface area contributed by atoms with Crippen LogP contribution in [0, 0.1) is 0 Å². The van der Waals surface area contributed by atoms with Gasteiger partial charge in [-0.15, -0.1) is 0 Å². The van der Waals surface area contributed by atoms with Gasteiger partial charge in [0.2, 0.25) is 6.10 Å². The summed E-state index contributed by atoms with van der Waals surface area (Å²) in [5.74, 6) is -1.02. The number of hydrogen-bond donors (Lipinski definition) is 2. The van der Waals surface area contributed by atoms with Crippen molar-refractivity contribution in [2.45, 2.75) is 6.10 Å². The van der Waals surface area contributed by atoms with Crippen LogP contribution in [0.2, 0.25) is 0 Å². The molecule has 1 heterocycles. The molecule has 0 spiro atoms. The van der Waals surface area contributed by atoms with Crippen LogP contribution in [-0.4, -0.2) is 39.1 Å². The minimum atomic E-state index is -1.33. The van der Waals surface area contributed by atoms with Gasteiger partial charge in [-0.3, -0.25) is 9.59 Å². The molecule has 4 aromatic rings. The van der Waals surface area contributed by atoms with Crippen LogP contribution in [0.25, 0.3) is 0 Å². The van der Waals surface area contributed by atoms with Gasteiger partial charge in [0.15, 0.2) is 17.3 Å². The van der Waals surface area contributed by atoms with Gasteiger partial charge in [-0.05, 0) is 24.3 Å². The molecule has 200 valence electrons. The topological polar surface area (TPSA) is 125 Å². The van der Waals surface area contributed by atoms with Crippen LogP contribution in [0.15, 0.2) is 89.5 Å². The van der Waals surface area contributed by atoms with E-state index in [-0.39, 0.29) is 28.5 Å². The van der Waals surface area contributed by atoms with E-state index in [1.807, 2.05) is 0 Å². The second-order valence-electron chi connectivity index (χ2n) is 8.10. The Morgan fingerprint density at radius 3 is 2.18 bits per heavy atom. The Kier molecular flexibility index (Phi) is 8.47. The molecule has 0 bridgehead atoms. The van der Waals surface area contributed by atoms with Crippen LogP contribution in [-0.2, 0) is 9.53 Å². The fraction of sp³-hybridized carbons (Fsp3) is 0.138. The highest BCUT2D eigenvalue weighted by molar-refractivity contribution is 6.08. The first-order valence-corrected chi connectivity index (χ1v) is 11.7. The highest BCUT2D eigenvalue weighted by Gasteiger charge is 2.29. The van der Waals surface area contributed by atoms with Gasteiger partial charge in [-0.1, -0.05) is 36.4 Å². The number of amides is 2. The predicted octanol–water partition coefficient (Wildman–Crippen LogP) is 5.09. The van der Waals surface area contributed by atoms with Crippen LogP contribution < -0.4 is 24.8 Å². The van der Waals surface area contributed by atoms with Gasteiger partial charge in [-0.2, -0.15) is 0 Å². The van der Waals surface area contributed by atoms with E-state index in [2.05, 4.69) is 10.6 Å². The summed E-state index contributed by atoms with van der Waals surface area (Å²) in [6.45, 7) is 0. The van der Waals surface area contributed by atoms with Gasteiger partial charge >= 0.3 is 5.97 Å². The summed E-state index contributed by atoms with van der Waals surface area (Å²) in [4.78, 5) is 39.6. The first-order valence-electron chi connectivity index (χ1n) is 11.7. The fourth-order valence-corrected chi connectivity index (χ4v) is 3.72. The van der Waals surface area contributed by atoms with E-state index in [4.69, 9.17) is 23.4 Å². The Hall–Kier alpha value is -5.25. The summed E-state index contributed by atoms with van der Waals surface area (Å²) >= 11 is 0. The molecule has 1 unspecified atom stereocenters. The molecular weight excluding hydrogens is 504 g/mol. The number of rotatable bonds is 10. The number of furan rings is 1. The Balaban J connectivity index is 1.67. The predicted molar refractivity (Wildman–Crippen MR) is 142 cm³/mol. The third-order valence-electron chi connectivity index (χ3n) is 5.64. The smallest absolute Gasteiger partial charge is 0.341 e. The average molecular weight is 531 g/mol. The molecule has 3 aromatic carbocycles. The van der Waals surface area contributed by atoms with Crippen molar-refractivity contribution in [1.29, 1.82) is 0 Å². The molecule has 2 amide bonds. The summed E-state index contributed by atoms with van der Waals surface area (Å²) in [5, 5.41) is 5.39. The third-order valence-corrected chi connectivity index (χ3v) is 5.64. The third kappa shape index (κ3) is 6.37. The highest BCUT2D eigenvalue weighted by Crippen LogP contribution is 2.35. The Bertz CT molecular complexity index is 1450. The monoisotopic (exact) mass is 530 g/mol. The van der Waals surface area contributed by atoms with Gasteiger partial charge in [0.1, 0.15) is 5.75 Å². The number of esters is 1. The van der Waals surface area contributed by atoms with Crippen LogP contribution in [0.3, 0.4) is 0 Å². The lowest BCUT2D eigenvalue weighted by Gasteiger charge is -2.20. The molecule has 4 rings (SSSR count). The summed E-state index contributed by atoms with van der Waals surface area (Å²) in [6, 6.07) is 21.1. The fourth-order valence-electron chi connectivity index (χ4n) is 3.72. The molecule has 2 N–H and O–H groups in total. The van der Waals surface area contributed by atoms with Gasteiger partial charge < -0.3 is 34.0 Å². The standard InChI is InChI=1S/C29H26N2O8/c1-35-20-12-7-11-19(15-20)30-28(33)26(18-9-5-4-6-10-18)39-29(34)21-16-24(36-2)25(37-3)17-22(21)31-27(32)23-13-8-14-38-23/h4-17,26H,1-3H3,(H,30,33)(H,31,32). The SMILES string of the molecule is COc1cccc(NC(=O)C(OC(=O)c2cc(OC)c(OC)cc2NC(=O)c2ccco2)c2ccccc2)c1. The molecule has 0 aliphatic rings. The normalized spacial score (nSPS) is 11.2. The minimum absolute atomic E-state index is 0.0314. The molecule has 0 fully saturated rings. The first-order chi connectivity index (χ1) is 18.9. The second-order valence-corrected chi connectivity index (χ2v) is 8.10. The second kappa shape index (κ2) is 12.3. The number of benzene rings is 3. The van der Waals surface area contributed by atoms with Crippen molar-refractivity contribution < 1.29 is 37.7 Å². The molecule has 0 saturated carbocycles. The van der Waals surface area contributed by atoms with Crippen molar-refractivity contribution in [1.82, 2.24) is 0 Å². The zero-order chi connectivity index (χ0) is 27.8. The Morgan fingerprint density at radius 1 is 0.769 bits per heavy atom.